The van der Waals surface area contributed by atoms with E-state index < -0.39 is 0 Å². The number of hydrogen-bond acceptors (Lipinski definition) is 1. The van der Waals surface area contributed by atoms with Crippen LogP contribution in [0.1, 0.15) is 0 Å². The van der Waals surface area contributed by atoms with E-state index in [-0.39, 0.29) is 28.3 Å². The third-order valence-corrected chi connectivity index (χ3v) is 12.1. The van der Waals surface area contributed by atoms with Crippen molar-refractivity contribution in [3.8, 4) is 0 Å². The Bertz CT molecular complexity index is 1000. The zero-order valence-corrected chi connectivity index (χ0v) is 28.2. The zero-order valence-electron chi connectivity index (χ0n) is 24.2. The summed E-state index contributed by atoms with van der Waals surface area (Å²) in [5.74, 6) is 1.45. The van der Waals surface area contributed by atoms with Gasteiger partial charge >= 0.3 is 0 Å². The molecule has 0 unspecified atom stereocenters. The molecule has 220 valence electrons. The summed E-state index contributed by atoms with van der Waals surface area (Å²) in [6.45, 7) is 4.24. The van der Waals surface area contributed by atoms with Gasteiger partial charge in [-0.05, 0) is 56.4 Å². The number of quaternary nitrogens is 1. The Kier molecular flexibility index (Phi) is 18.5. The topological polar surface area (TPSA) is 7.68 Å². The summed E-state index contributed by atoms with van der Waals surface area (Å²) in [6.07, 6.45) is 2.38. The molecule has 1 N–H and O–H groups in total. The summed E-state index contributed by atoms with van der Waals surface area (Å²) in [4.78, 5) is 3.93. The predicted molar refractivity (Wildman–Crippen MR) is 183 cm³/mol. The van der Waals surface area contributed by atoms with Crippen LogP contribution in [0, 0.1) is 0 Å². The van der Waals surface area contributed by atoms with Crippen LogP contribution in [0.25, 0.3) is 0 Å². The van der Waals surface area contributed by atoms with Crippen LogP contribution in [-0.2, 0) is 0 Å². The van der Waals surface area contributed by atoms with Gasteiger partial charge in [-0.15, -0.1) is 23.2 Å². The van der Waals surface area contributed by atoms with Crippen LogP contribution in [0.15, 0.2) is 121 Å². The Balaban J connectivity index is 0.000000574. The van der Waals surface area contributed by atoms with E-state index in [1.807, 2.05) is 0 Å². The van der Waals surface area contributed by atoms with Gasteiger partial charge in [-0.3, -0.25) is 0 Å². The maximum absolute atomic E-state index is 5.47. The van der Waals surface area contributed by atoms with Gasteiger partial charge in [0.25, 0.3) is 0 Å². The highest BCUT2D eigenvalue weighted by atomic mass is 35.5. The fraction of sp³-hybridized carbons (Fsp3) is 0.294. The largest absolute Gasteiger partial charge is 1.00 e. The summed E-state index contributed by atoms with van der Waals surface area (Å²) in [7, 11) is 3.71. The molecule has 0 bridgehead atoms. The maximum Gasteiger partial charge on any atom is 0.0906 e. The van der Waals surface area contributed by atoms with Crippen molar-refractivity contribution in [1.82, 2.24) is 4.90 Å². The molecule has 4 rings (SSSR count). The molecule has 0 aliphatic carbocycles. The van der Waals surface area contributed by atoms with Gasteiger partial charge in [0.2, 0.25) is 0 Å². The SMILES string of the molecule is CN(CCP(c1ccccc1)c1ccccc1)CCP(c1ccccc1)c1ccccc1.C[NH+](CCCl)CCCl.[Cl-]. The van der Waals surface area contributed by atoms with Crippen LogP contribution in [0.4, 0.5) is 0 Å². The highest BCUT2D eigenvalue weighted by molar-refractivity contribution is 7.73. The molecule has 0 heterocycles. The van der Waals surface area contributed by atoms with Crippen molar-refractivity contribution < 1.29 is 17.3 Å². The Morgan fingerprint density at radius 2 is 0.805 bits per heavy atom. The second-order valence-corrected chi connectivity index (χ2v) is 15.2. The number of hydrogen-bond donors (Lipinski definition) is 1. The molecule has 0 saturated heterocycles. The summed E-state index contributed by atoms with van der Waals surface area (Å²) in [6, 6.07) is 44.2. The number of nitrogens with zero attached hydrogens (tertiary/aromatic N) is 1. The van der Waals surface area contributed by atoms with Crippen LogP contribution in [-0.4, -0.2) is 69.3 Å². The van der Waals surface area contributed by atoms with Gasteiger partial charge in [0.1, 0.15) is 0 Å². The summed E-state index contributed by atoms with van der Waals surface area (Å²) in [5, 5.41) is 5.88. The first-order valence-corrected chi connectivity index (χ1v) is 18.1. The van der Waals surface area contributed by atoms with Crippen molar-refractivity contribution in [3.63, 3.8) is 0 Å². The summed E-state index contributed by atoms with van der Waals surface area (Å²) in [5.41, 5.74) is 0. The monoisotopic (exact) mass is 646 g/mol. The Morgan fingerprint density at radius 3 is 1.05 bits per heavy atom. The summed E-state index contributed by atoms with van der Waals surface area (Å²) >= 11 is 10.9. The van der Waals surface area contributed by atoms with Gasteiger partial charge in [0.15, 0.2) is 0 Å². The Hall–Kier alpha value is -1.47. The minimum Gasteiger partial charge on any atom is -1.00 e. The molecule has 0 fully saturated rings. The van der Waals surface area contributed by atoms with Crippen molar-refractivity contribution in [3.05, 3.63) is 121 Å². The van der Waals surface area contributed by atoms with E-state index in [1.165, 1.54) is 38.4 Å². The molecule has 0 saturated carbocycles. The van der Waals surface area contributed by atoms with E-state index >= 15 is 0 Å². The van der Waals surface area contributed by atoms with Gasteiger partial charge in [-0.2, -0.15) is 0 Å². The number of rotatable bonds is 14. The Morgan fingerprint density at radius 1 is 0.537 bits per heavy atom. The van der Waals surface area contributed by atoms with Gasteiger partial charge in [-0.1, -0.05) is 121 Å². The smallest absolute Gasteiger partial charge is 0.0906 e. The van der Waals surface area contributed by atoms with Crippen molar-refractivity contribution >= 4 is 60.3 Å². The highest BCUT2D eigenvalue weighted by Gasteiger charge is 2.17. The predicted octanol–water partition coefficient (Wildman–Crippen LogP) is 2.17. The lowest BCUT2D eigenvalue weighted by Crippen LogP contribution is -3.09. The van der Waals surface area contributed by atoms with E-state index in [2.05, 4.69) is 140 Å². The van der Waals surface area contributed by atoms with Crippen LogP contribution in [0.2, 0.25) is 0 Å². The van der Waals surface area contributed by atoms with Gasteiger partial charge in [0.05, 0.1) is 31.9 Å². The number of alkyl halides is 2. The normalized spacial score (nSPS) is 10.9. The van der Waals surface area contributed by atoms with E-state index in [0.29, 0.717) is 0 Å². The summed E-state index contributed by atoms with van der Waals surface area (Å²) < 4.78 is 0. The lowest BCUT2D eigenvalue weighted by atomic mass is 10.4. The Labute approximate surface area is 267 Å². The van der Waals surface area contributed by atoms with E-state index in [1.54, 1.807) is 0 Å². The molecule has 2 nitrogen and oxygen atoms in total. The van der Waals surface area contributed by atoms with E-state index in [9.17, 15) is 0 Å². The number of halogens is 3. The first kappa shape index (κ1) is 35.7. The molecule has 0 spiro atoms. The van der Waals surface area contributed by atoms with E-state index in [0.717, 1.165) is 37.9 Å². The molecular weight excluding hydrogens is 605 g/mol. The maximum atomic E-state index is 5.47. The third-order valence-electron chi connectivity index (χ3n) is 6.72. The third kappa shape index (κ3) is 13.1. The van der Waals surface area contributed by atoms with E-state index in [4.69, 9.17) is 23.2 Å². The molecule has 0 radical (unpaired) electrons. The van der Waals surface area contributed by atoms with Crippen LogP contribution >= 0.6 is 39.0 Å². The van der Waals surface area contributed by atoms with Crippen LogP contribution in [0.3, 0.4) is 0 Å². The molecule has 41 heavy (non-hydrogen) atoms. The first-order valence-electron chi connectivity index (χ1n) is 14.0. The quantitative estimate of drug-likeness (QED) is 0.163. The van der Waals surface area contributed by atoms with Gasteiger partial charge in [0, 0.05) is 13.1 Å². The molecule has 0 aliphatic rings. The van der Waals surface area contributed by atoms with Crippen molar-refractivity contribution in [2.24, 2.45) is 0 Å². The minimum absolute atomic E-state index is 0. The average Bonchev–Trinajstić information content (AvgIpc) is 3.00. The van der Waals surface area contributed by atoms with Gasteiger partial charge < -0.3 is 22.2 Å². The second-order valence-electron chi connectivity index (χ2n) is 9.78. The molecule has 4 aromatic rings. The lowest BCUT2D eigenvalue weighted by molar-refractivity contribution is -0.874. The van der Waals surface area contributed by atoms with Crippen molar-refractivity contribution in [2.45, 2.75) is 0 Å². The zero-order chi connectivity index (χ0) is 28.4. The fourth-order valence-corrected chi connectivity index (χ4v) is 9.83. The lowest BCUT2D eigenvalue weighted by Gasteiger charge is -2.25. The molecule has 0 aliphatic heterocycles. The van der Waals surface area contributed by atoms with Crippen molar-refractivity contribution in [2.75, 3.05) is 64.4 Å². The molecule has 0 atom stereocenters. The molecule has 0 amide bonds. The molecule has 7 heteroatoms. The molecule has 0 aromatic heterocycles. The van der Waals surface area contributed by atoms with Crippen molar-refractivity contribution in [1.29, 1.82) is 0 Å². The second kappa shape index (κ2) is 21.3. The van der Waals surface area contributed by atoms with Crippen LogP contribution < -0.4 is 38.5 Å². The first-order chi connectivity index (χ1) is 19.6. The number of benzene rings is 4. The fourth-order valence-electron chi connectivity index (χ4n) is 4.35. The highest BCUT2D eigenvalue weighted by Crippen LogP contribution is 2.35. The van der Waals surface area contributed by atoms with Crippen LogP contribution in [0.5, 0.6) is 0 Å². The molecular formula is C34H43Cl3N2P2. The molecule has 4 aromatic carbocycles. The number of nitrogens with one attached hydrogen (secondary N) is 1. The standard InChI is InChI=1S/C29H31NP2.C5H11Cl2N.ClH/c1-30(22-24-31(26-14-6-2-7-15-26)27-16-8-3-9-17-27)23-25-32(28-18-10-4-11-19-28)29-20-12-5-13-21-29;1-8(4-2-6)5-3-7;/h2-21H,22-25H2,1H3;2-5H2,1H3;1H. The van der Waals surface area contributed by atoms with Gasteiger partial charge in [-0.25, -0.2) is 0 Å². The average molecular weight is 648 g/mol. The minimum atomic E-state index is -0.333.